The van der Waals surface area contributed by atoms with Gasteiger partial charge in [0.1, 0.15) is 6.61 Å². The highest BCUT2D eigenvalue weighted by Crippen LogP contribution is 2.21. The Balaban J connectivity index is 2.00. The van der Waals surface area contributed by atoms with E-state index in [9.17, 15) is 4.79 Å². The van der Waals surface area contributed by atoms with E-state index in [1.54, 1.807) is 7.11 Å². The number of benzene rings is 1. The number of hydrogen-bond acceptors (Lipinski definition) is 4. The second-order valence-corrected chi connectivity index (χ2v) is 4.91. The Morgan fingerprint density at radius 1 is 1.37 bits per heavy atom. The van der Waals surface area contributed by atoms with Gasteiger partial charge >= 0.3 is 0 Å². The molecule has 1 aliphatic heterocycles. The van der Waals surface area contributed by atoms with Gasteiger partial charge in [-0.25, -0.2) is 0 Å². The molecule has 104 valence electrons. The monoisotopic (exact) mass is 263 g/mol. The summed E-state index contributed by atoms with van der Waals surface area (Å²) in [5.74, 6) is 0.0614. The van der Waals surface area contributed by atoms with Crippen molar-refractivity contribution in [3.05, 3.63) is 24.3 Å². The fourth-order valence-corrected chi connectivity index (χ4v) is 2.45. The summed E-state index contributed by atoms with van der Waals surface area (Å²) in [6.45, 7) is 4.58. The Labute approximate surface area is 113 Å². The predicted molar refractivity (Wildman–Crippen MR) is 76.1 cm³/mol. The molecule has 1 aromatic rings. The van der Waals surface area contributed by atoms with Crippen molar-refractivity contribution in [2.45, 2.75) is 13.0 Å². The molecule has 5 heteroatoms. The minimum absolute atomic E-state index is 0.0614. The third-order valence-corrected chi connectivity index (χ3v) is 3.47. The van der Waals surface area contributed by atoms with E-state index in [0.29, 0.717) is 0 Å². The number of ether oxygens (including phenoxy) is 1. The predicted octanol–water partition coefficient (Wildman–Crippen LogP) is 0.952. The number of piperazine rings is 1. The van der Waals surface area contributed by atoms with Crippen LogP contribution < -0.4 is 10.6 Å². The third-order valence-electron chi connectivity index (χ3n) is 3.47. The number of hydrogen-bond donors (Lipinski definition) is 1. The zero-order valence-electron chi connectivity index (χ0n) is 11.5. The first-order valence-electron chi connectivity index (χ1n) is 6.50. The van der Waals surface area contributed by atoms with Gasteiger partial charge < -0.3 is 20.3 Å². The molecule has 5 nitrogen and oxygen atoms in total. The first-order valence-corrected chi connectivity index (χ1v) is 6.50. The molecule has 0 radical (unpaired) electrons. The number of nitrogens with two attached hydrogens (primary N) is 1. The fraction of sp³-hybridized carbons (Fsp3) is 0.500. The highest BCUT2D eigenvalue weighted by molar-refractivity contribution is 5.77. The molecule has 0 bridgehead atoms. The third kappa shape index (κ3) is 3.17. The number of nitrogens with zero attached hydrogens (tertiary/aromatic N) is 2. The standard InChI is InChI=1S/C14H21N3O2/c1-11-9-16(14(18)10-19-2)7-8-17(11)13-5-3-12(15)4-6-13/h3-6,11H,7-10,15H2,1-2H3. The first-order chi connectivity index (χ1) is 9.11. The number of nitrogen functional groups attached to an aromatic ring is 1. The van der Waals surface area contributed by atoms with Crippen molar-refractivity contribution in [2.75, 3.05) is 44.0 Å². The molecule has 0 saturated carbocycles. The van der Waals surface area contributed by atoms with Crippen molar-refractivity contribution in [3.63, 3.8) is 0 Å². The van der Waals surface area contributed by atoms with Crippen molar-refractivity contribution in [2.24, 2.45) is 0 Å². The zero-order chi connectivity index (χ0) is 13.8. The summed E-state index contributed by atoms with van der Waals surface area (Å²) >= 11 is 0. The van der Waals surface area contributed by atoms with Gasteiger partial charge in [0, 0.05) is 44.2 Å². The van der Waals surface area contributed by atoms with E-state index in [-0.39, 0.29) is 18.6 Å². The molecule has 2 rings (SSSR count). The quantitative estimate of drug-likeness (QED) is 0.825. The average Bonchev–Trinajstić information content (AvgIpc) is 2.40. The molecule has 1 unspecified atom stereocenters. The number of anilines is 2. The van der Waals surface area contributed by atoms with E-state index >= 15 is 0 Å². The Bertz CT molecular complexity index is 433. The van der Waals surface area contributed by atoms with Gasteiger partial charge in [0.15, 0.2) is 0 Å². The van der Waals surface area contributed by atoms with Crippen LogP contribution in [0.5, 0.6) is 0 Å². The molecule has 1 atom stereocenters. The van der Waals surface area contributed by atoms with E-state index < -0.39 is 0 Å². The van der Waals surface area contributed by atoms with Crippen LogP contribution in [0.25, 0.3) is 0 Å². The Morgan fingerprint density at radius 3 is 2.63 bits per heavy atom. The molecule has 0 aliphatic carbocycles. The number of carbonyl (C=O) groups excluding carboxylic acids is 1. The molecule has 2 N–H and O–H groups in total. The lowest BCUT2D eigenvalue weighted by atomic mass is 10.1. The lowest BCUT2D eigenvalue weighted by Crippen LogP contribution is -2.54. The molecular formula is C14H21N3O2. The van der Waals surface area contributed by atoms with Crippen LogP contribution in [0.4, 0.5) is 11.4 Å². The van der Waals surface area contributed by atoms with Gasteiger partial charge in [-0.2, -0.15) is 0 Å². The molecule has 1 aromatic carbocycles. The molecule has 1 amide bonds. The van der Waals surface area contributed by atoms with E-state index in [2.05, 4.69) is 11.8 Å². The molecule has 1 aliphatic rings. The molecule has 1 saturated heterocycles. The topological polar surface area (TPSA) is 58.8 Å². The largest absolute Gasteiger partial charge is 0.399 e. The van der Waals surface area contributed by atoms with E-state index in [1.807, 2.05) is 29.2 Å². The summed E-state index contributed by atoms with van der Waals surface area (Å²) in [7, 11) is 1.55. The number of rotatable bonds is 3. The van der Waals surface area contributed by atoms with Gasteiger partial charge in [-0.15, -0.1) is 0 Å². The summed E-state index contributed by atoms with van der Waals surface area (Å²) < 4.78 is 4.90. The van der Waals surface area contributed by atoms with Gasteiger partial charge in [-0.05, 0) is 31.2 Å². The smallest absolute Gasteiger partial charge is 0.248 e. The second-order valence-electron chi connectivity index (χ2n) is 4.91. The maximum absolute atomic E-state index is 11.8. The van der Waals surface area contributed by atoms with Crippen molar-refractivity contribution in [1.82, 2.24) is 4.90 Å². The molecular weight excluding hydrogens is 242 g/mol. The molecule has 1 heterocycles. The average molecular weight is 263 g/mol. The van der Waals surface area contributed by atoms with E-state index in [4.69, 9.17) is 10.5 Å². The Morgan fingerprint density at radius 2 is 2.05 bits per heavy atom. The van der Waals surface area contributed by atoms with Crippen LogP contribution >= 0.6 is 0 Å². The van der Waals surface area contributed by atoms with Crippen molar-refractivity contribution >= 4 is 17.3 Å². The summed E-state index contributed by atoms with van der Waals surface area (Å²) in [4.78, 5) is 16.0. The van der Waals surface area contributed by atoms with Crippen molar-refractivity contribution in [1.29, 1.82) is 0 Å². The van der Waals surface area contributed by atoms with Crippen molar-refractivity contribution < 1.29 is 9.53 Å². The fourth-order valence-electron chi connectivity index (χ4n) is 2.45. The summed E-state index contributed by atoms with van der Waals surface area (Å²) in [6.07, 6.45) is 0. The number of methoxy groups -OCH3 is 1. The van der Waals surface area contributed by atoms with Crippen LogP contribution in [0.1, 0.15) is 6.92 Å². The van der Waals surface area contributed by atoms with Crippen LogP contribution in [0, 0.1) is 0 Å². The summed E-state index contributed by atoms with van der Waals surface area (Å²) in [5.41, 5.74) is 7.62. The maximum Gasteiger partial charge on any atom is 0.248 e. The Hall–Kier alpha value is -1.75. The summed E-state index contributed by atoms with van der Waals surface area (Å²) in [6, 6.07) is 8.16. The second kappa shape index (κ2) is 5.93. The SMILES string of the molecule is COCC(=O)N1CCN(c2ccc(N)cc2)C(C)C1. The number of amides is 1. The molecule has 1 fully saturated rings. The van der Waals surface area contributed by atoms with Gasteiger partial charge in [-0.3, -0.25) is 4.79 Å². The van der Waals surface area contributed by atoms with Crippen LogP contribution in [0.3, 0.4) is 0 Å². The Kier molecular flexibility index (Phi) is 4.27. The van der Waals surface area contributed by atoms with Gasteiger partial charge in [-0.1, -0.05) is 0 Å². The zero-order valence-corrected chi connectivity index (χ0v) is 11.5. The van der Waals surface area contributed by atoms with Gasteiger partial charge in [0.05, 0.1) is 0 Å². The maximum atomic E-state index is 11.8. The minimum atomic E-state index is 0.0614. The highest BCUT2D eigenvalue weighted by Gasteiger charge is 2.26. The normalized spacial score (nSPS) is 19.6. The van der Waals surface area contributed by atoms with Crippen molar-refractivity contribution in [3.8, 4) is 0 Å². The van der Waals surface area contributed by atoms with Crippen LogP contribution in [-0.4, -0.2) is 50.2 Å². The highest BCUT2D eigenvalue weighted by atomic mass is 16.5. The lowest BCUT2D eigenvalue weighted by molar-refractivity contribution is -0.135. The molecule has 0 spiro atoms. The molecule has 0 aromatic heterocycles. The van der Waals surface area contributed by atoms with Crippen LogP contribution in [0.15, 0.2) is 24.3 Å². The van der Waals surface area contributed by atoms with Crippen LogP contribution in [-0.2, 0) is 9.53 Å². The summed E-state index contributed by atoms with van der Waals surface area (Å²) in [5, 5.41) is 0. The first kappa shape index (κ1) is 13.7. The van der Waals surface area contributed by atoms with Gasteiger partial charge in [0.2, 0.25) is 5.91 Å². The van der Waals surface area contributed by atoms with Crippen LogP contribution in [0.2, 0.25) is 0 Å². The number of carbonyl (C=O) groups is 1. The minimum Gasteiger partial charge on any atom is -0.399 e. The van der Waals surface area contributed by atoms with E-state index in [0.717, 1.165) is 31.0 Å². The lowest BCUT2D eigenvalue weighted by Gasteiger charge is -2.41. The molecule has 19 heavy (non-hydrogen) atoms. The van der Waals surface area contributed by atoms with Gasteiger partial charge in [0.25, 0.3) is 0 Å². The van der Waals surface area contributed by atoms with E-state index in [1.165, 1.54) is 0 Å².